The quantitative estimate of drug-likeness (QED) is 0.852. The van der Waals surface area contributed by atoms with E-state index in [0.717, 1.165) is 0 Å². The van der Waals surface area contributed by atoms with Gasteiger partial charge in [-0.3, -0.25) is 14.5 Å². The van der Waals surface area contributed by atoms with Gasteiger partial charge in [0.2, 0.25) is 5.91 Å². The lowest BCUT2D eigenvalue weighted by Gasteiger charge is -2.24. The second-order valence-electron chi connectivity index (χ2n) is 5.84. The SMILES string of the molecule is CC(C(=O)Nc1ccc2c(c1)OCCO2)N1CCC(C(=O)O)C1.Cl. The van der Waals surface area contributed by atoms with Crippen LogP contribution >= 0.6 is 12.4 Å². The van der Waals surface area contributed by atoms with Gasteiger partial charge in [0, 0.05) is 18.3 Å². The molecular weight excluding hydrogens is 336 g/mol. The van der Waals surface area contributed by atoms with Gasteiger partial charge in [0.25, 0.3) is 0 Å². The maximum absolute atomic E-state index is 12.4. The molecule has 0 aliphatic carbocycles. The van der Waals surface area contributed by atoms with E-state index in [1.54, 1.807) is 25.1 Å². The minimum atomic E-state index is -0.799. The van der Waals surface area contributed by atoms with Crippen molar-refractivity contribution in [1.82, 2.24) is 4.90 Å². The molecule has 1 fully saturated rings. The monoisotopic (exact) mass is 356 g/mol. The van der Waals surface area contributed by atoms with E-state index in [9.17, 15) is 9.59 Å². The molecule has 2 atom stereocenters. The van der Waals surface area contributed by atoms with E-state index in [0.29, 0.717) is 49.9 Å². The molecule has 1 aromatic carbocycles. The summed E-state index contributed by atoms with van der Waals surface area (Å²) in [6.45, 7) is 3.83. The Kier molecular flexibility index (Phi) is 5.90. The summed E-state index contributed by atoms with van der Waals surface area (Å²) in [4.78, 5) is 25.3. The first-order valence-electron chi connectivity index (χ1n) is 7.72. The molecule has 24 heavy (non-hydrogen) atoms. The number of nitrogens with one attached hydrogen (secondary N) is 1. The lowest BCUT2D eigenvalue weighted by atomic mass is 10.1. The van der Waals surface area contributed by atoms with Crippen LogP contribution in [0, 0.1) is 5.92 Å². The van der Waals surface area contributed by atoms with Gasteiger partial charge in [0.15, 0.2) is 11.5 Å². The van der Waals surface area contributed by atoms with Gasteiger partial charge in [-0.2, -0.15) is 0 Å². The molecule has 3 rings (SSSR count). The molecule has 0 saturated carbocycles. The number of carbonyl (C=O) groups excluding carboxylic acids is 1. The van der Waals surface area contributed by atoms with Crippen molar-refractivity contribution in [2.75, 3.05) is 31.6 Å². The van der Waals surface area contributed by atoms with E-state index in [-0.39, 0.29) is 30.3 Å². The molecular formula is C16H21ClN2O5. The van der Waals surface area contributed by atoms with Gasteiger partial charge in [0.05, 0.1) is 12.0 Å². The van der Waals surface area contributed by atoms with Crippen LogP contribution in [0.25, 0.3) is 0 Å². The number of amides is 1. The van der Waals surface area contributed by atoms with Gasteiger partial charge < -0.3 is 19.9 Å². The zero-order chi connectivity index (χ0) is 16.4. The number of anilines is 1. The molecule has 132 valence electrons. The average molecular weight is 357 g/mol. The standard InChI is InChI=1S/C16H20N2O5.ClH/c1-10(18-5-4-11(9-18)16(20)21)15(19)17-12-2-3-13-14(8-12)23-7-6-22-13;/h2-3,8,10-11H,4-7,9H2,1H3,(H,17,19)(H,20,21);1H. The molecule has 2 unspecified atom stereocenters. The smallest absolute Gasteiger partial charge is 0.307 e. The Morgan fingerprint density at radius 1 is 1.29 bits per heavy atom. The summed E-state index contributed by atoms with van der Waals surface area (Å²) >= 11 is 0. The van der Waals surface area contributed by atoms with Crippen LogP contribution < -0.4 is 14.8 Å². The number of rotatable bonds is 4. The summed E-state index contributed by atoms with van der Waals surface area (Å²) < 4.78 is 10.9. The summed E-state index contributed by atoms with van der Waals surface area (Å²) in [6.07, 6.45) is 0.580. The van der Waals surface area contributed by atoms with E-state index in [1.807, 2.05) is 4.90 Å². The first-order valence-corrected chi connectivity index (χ1v) is 7.72. The van der Waals surface area contributed by atoms with Crippen LogP contribution in [0.3, 0.4) is 0 Å². The van der Waals surface area contributed by atoms with E-state index in [2.05, 4.69) is 5.32 Å². The fourth-order valence-electron chi connectivity index (χ4n) is 2.87. The third-order valence-corrected chi connectivity index (χ3v) is 4.31. The van der Waals surface area contributed by atoms with Crippen molar-refractivity contribution in [3.8, 4) is 11.5 Å². The fourth-order valence-corrected chi connectivity index (χ4v) is 2.87. The Labute approximate surface area is 146 Å². The highest BCUT2D eigenvalue weighted by Gasteiger charge is 2.33. The summed E-state index contributed by atoms with van der Waals surface area (Å²) in [7, 11) is 0. The van der Waals surface area contributed by atoms with Gasteiger partial charge in [0.1, 0.15) is 13.2 Å². The lowest BCUT2D eigenvalue weighted by molar-refractivity contribution is -0.141. The number of hydrogen-bond acceptors (Lipinski definition) is 5. The van der Waals surface area contributed by atoms with Crippen LogP contribution in [0.1, 0.15) is 13.3 Å². The normalized spacial score (nSPS) is 20.8. The number of carbonyl (C=O) groups is 2. The predicted octanol–water partition coefficient (Wildman–Crippen LogP) is 1.61. The Hall–Kier alpha value is -1.99. The number of carboxylic acid groups (broad SMARTS) is 1. The van der Waals surface area contributed by atoms with Crippen molar-refractivity contribution in [3.63, 3.8) is 0 Å². The molecule has 1 aromatic rings. The van der Waals surface area contributed by atoms with Crippen molar-refractivity contribution in [2.24, 2.45) is 5.92 Å². The highest BCUT2D eigenvalue weighted by atomic mass is 35.5. The van der Waals surface area contributed by atoms with E-state index >= 15 is 0 Å². The topological polar surface area (TPSA) is 88.1 Å². The minimum Gasteiger partial charge on any atom is -0.486 e. The van der Waals surface area contributed by atoms with Crippen molar-refractivity contribution >= 4 is 30.0 Å². The largest absolute Gasteiger partial charge is 0.486 e. The van der Waals surface area contributed by atoms with Gasteiger partial charge in [-0.25, -0.2) is 0 Å². The third-order valence-electron chi connectivity index (χ3n) is 4.31. The molecule has 0 bridgehead atoms. The van der Waals surface area contributed by atoms with Crippen molar-refractivity contribution in [3.05, 3.63) is 18.2 Å². The molecule has 2 N–H and O–H groups in total. The summed E-state index contributed by atoms with van der Waals surface area (Å²) in [5.41, 5.74) is 0.639. The Morgan fingerprint density at radius 3 is 2.67 bits per heavy atom. The van der Waals surface area contributed by atoms with Gasteiger partial charge in [-0.15, -0.1) is 12.4 Å². The van der Waals surface area contributed by atoms with Crippen molar-refractivity contribution in [2.45, 2.75) is 19.4 Å². The first kappa shape index (κ1) is 18.4. The fraction of sp³-hybridized carbons (Fsp3) is 0.500. The number of fused-ring (bicyclic) bond motifs is 1. The second-order valence-corrected chi connectivity index (χ2v) is 5.84. The third kappa shape index (κ3) is 3.91. The van der Waals surface area contributed by atoms with Crippen LogP contribution in [0.5, 0.6) is 11.5 Å². The number of likely N-dealkylation sites (tertiary alicyclic amines) is 1. The summed E-state index contributed by atoms with van der Waals surface area (Å²) in [5.74, 6) is -0.0563. The maximum Gasteiger partial charge on any atom is 0.307 e. The molecule has 8 heteroatoms. The molecule has 0 aromatic heterocycles. The Balaban J connectivity index is 0.00000208. The Bertz CT molecular complexity index is 624. The van der Waals surface area contributed by atoms with Crippen LogP contribution in [0.15, 0.2) is 18.2 Å². The zero-order valence-corrected chi connectivity index (χ0v) is 14.2. The minimum absolute atomic E-state index is 0. The summed E-state index contributed by atoms with van der Waals surface area (Å²) in [5, 5.41) is 11.9. The number of carboxylic acids is 1. The van der Waals surface area contributed by atoms with Crippen LogP contribution in [-0.2, 0) is 9.59 Å². The average Bonchev–Trinajstić information content (AvgIpc) is 3.04. The van der Waals surface area contributed by atoms with Gasteiger partial charge >= 0.3 is 5.97 Å². The van der Waals surface area contributed by atoms with E-state index in [4.69, 9.17) is 14.6 Å². The number of aliphatic carboxylic acids is 1. The highest BCUT2D eigenvalue weighted by molar-refractivity contribution is 5.95. The number of halogens is 1. The lowest BCUT2D eigenvalue weighted by Crippen LogP contribution is -2.41. The van der Waals surface area contributed by atoms with Gasteiger partial charge in [-0.05, 0) is 32.0 Å². The number of nitrogens with zero attached hydrogens (tertiary/aromatic N) is 1. The van der Waals surface area contributed by atoms with Crippen LogP contribution in [-0.4, -0.2) is 54.2 Å². The predicted molar refractivity (Wildman–Crippen MR) is 90.1 cm³/mol. The Morgan fingerprint density at radius 2 is 2.00 bits per heavy atom. The molecule has 7 nitrogen and oxygen atoms in total. The molecule has 1 saturated heterocycles. The number of benzene rings is 1. The molecule has 0 radical (unpaired) electrons. The molecule has 0 spiro atoms. The first-order chi connectivity index (χ1) is 11.0. The molecule has 1 amide bonds. The molecule has 2 heterocycles. The number of ether oxygens (including phenoxy) is 2. The van der Waals surface area contributed by atoms with Crippen LogP contribution in [0.4, 0.5) is 5.69 Å². The van der Waals surface area contributed by atoms with Gasteiger partial charge in [-0.1, -0.05) is 0 Å². The zero-order valence-electron chi connectivity index (χ0n) is 13.4. The highest BCUT2D eigenvalue weighted by Crippen LogP contribution is 2.32. The van der Waals surface area contributed by atoms with Crippen molar-refractivity contribution in [1.29, 1.82) is 0 Å². The molecule has 2 aliphatic heterocycles. The molecule has 2 aliphatic rings. The second kappa shape index (κ2) is 7.72. The maximum atomic E-state index is 12.4. The van der Waals surface area contributed by atoms with Crippen molar-refractivity contribution < 1.29 is 24.2 Å². The number of hydrogen-bond donors (Lipinski definition) is 2. The summed E-state index contributed by atoms with van der Waals surface area (Å²) in [6, 6.07) is 4.89. The van der Waals surface area contributed by atoms with Crippen LogP contribution in [0.2, 0.25) is 0 Å². The van der Waals surface area contributed by atoms with E-state index < -0.39 is 5.97 Å². The van der Waals surface area contributed by atoms with E-state index in [1.165, 1.54) is 0 Å².